The summed E-state index contributed by atoms with van der Waals surface area (Å²) in [5.41, 5.74) is 0. The Morgan fingerprint density at radius 3 is 1.50 bits per heavy atom. The van der Waals surface area contributed by atoms with Crippen molar-refractivity contribution in [2.45, 2.75) is 0 Å². The molecule has 0 aromatic rings. The zero-order valence-electron chi connectivity index (χ0n) is 4.77. The summed E-state index contributed by atoms with van der Waals surface area (Å²) in [6.07, 6.45) is 0. The SMILES string of the molecule is C#N.CO.[Ag].[H-].[K+]. The average Bonchev–Trinajstić information content (AvgIpc) is 1.50. The summed E-state index contributed by atoms with van der Waals surface area (Å²) < 4.78 is 0. The minimum absolute atomic E-state index is 0. The van der Waals surface area contributed by atoms with E-state index in [-0.39, 0.29) is 75.2 Å². The molecule has 0 rings (SSSR count). The Hall–Kier alpha value is 1.83. The first kappa shape index (κ1) is 24.9. The molecule has 0 heterocycles. The van der Waals surface area contributed by atoms with Crippen LogP contribution in [0, 0.1) is 11.8 Å². The van der Waals surface area contributed by atoms with Crippen LogP contribution in [0.25, 0.3) is 0 Å². The molecule has 0 spiro atoms. The van der Waals surface area contributed by atoms with Gasteiger partial charge in [0.2, 0.25) is 0 Å². The molecule has 0 aromatic carbocycles. The third kappa shape index (κ3) is 40.7. The quantitative estimate of drug-likeness (QED) is 0.427. The summed E-state index contributed by atoms with van der Waals surface area (Å²) in [6.45, 7) is 3.50. The first-order valence-corrected chi connectivity index (χ1v) is 0.705. The van der Waals surface area contributed by atoms with Gasteiger partial charge in [-0.25, -0.2) is 5.26 Å². The van der Waals surface area contributed by atoms with Crippen LogP contribution in [0.3, 0.4) is 0 Å². The van der Waals surface area contributed by atoms with E-state index in [0.717, 1.165) is 7.11 Å². The van der Waals surface area contributed by atoms with Gasteiger partial charge >= 0.3 is 51.4 Å². The van der Waals surface area contributed by atoms with E-state index in [4.69, 9.17) is 10.4 Å². The molecule has 1 N–H and O–H groups in total. The summed E-state index contributed by atoms with van der Waals surface area (Å²) >= 11 is 0. The van der Waals surface area contributed by atoms with Crippen LogP contribution >= 0.6 is 0 Å². The number of hydrogen-bond donors (Lipinski definition) is 1. The zero-order valence-corrected chi connectivity index (χ0v) is 8.38. The molecule has 0 aliphatic carbocycles. The number of nitriles is 1. The minimum Gasteiger partial charge on any atom is -1.00 e. The van der Waals surface area contributed by atoms with E-state index in [0.29, 0.717) is 0 Å². The van der Waals surface area contributed by atoms with Crippen LogP contribution in [0.4, 0.5) is 0 Å². The summed E-state index contributed by atoms with van der Waals surface area (Å²) in [6, 6.07) is 0. The maximum Gasteiger partial charge on any atom is 1.00 e. The molecule has 4 heteroatoms. The smallest absolute Gasteiger partial charge is 1.00 e. The topological polar surface area (TPSA) is 44.0 Å². The van der Waals surface area contributed by atoms with E-state index in [1.54, 1.807) is 0 Å². The molecule has 0 aliphatic heterocycles. The Morgan fingerprint density at radius 1 is 1.50 bits per heavy atom. The second-order valence-electron chi connectivity index (χ2n) is 0. The fourth-order valence-electron chi connectivity index (χ4n) is 0. The van der Waals surface area contributed by atoms with Gasteiger partial charge in [-0.05, 0) is 0 Å². The molecule has 6 heavy (non-hydrogen) atoms. The fourth-order valence-corrected chi connectivity index (χ4v) is 0. The molecule has 0 aliphatic rings. The molecule has 2 nitrogen and oxygen atoms in total. The number of nitrogens with zero attached hydrogens (tertiary/aromatic N) is 1. The maximum atomic E-state index is 7.00. The van der Waals surface area contributed by atoms with Crippen LogP contribution < -0.4 is 51.4 Å². The molecule has 0 atom stereocenters. The van der Waals surface area contributed by atoms with Gasteiger partial charge in [-0.15, -0.1) is 0 Å². The van der Waals surface area contributed by atoms with Gasteiger partial charge in [0.1, 0.15) is 0 Å². The molecule has 1 radical (unpaired) electrons. The van der Waals surface area contributed by atoms with Crippen molar-refractivity contribution in [1.29, 1.82) is 5.26 Å². The predicted octanol–water partition coefficient (Wildman–Crippen LogP) is -3.14. The van der Waals surface area contributed by atoms with Crippen LogP contribution in [0.1, 0.15) is 1.43 Å². The first-order valence-electron chi connectivity index (χ1n) is 0.705. The van der Waals surface area contributed by atoms with Crippen LogP contribution in [-0.4, -0.2) is 12.2 Å². The van der Waals surface area contributed by atoms with E-state index in [1.165, 1.54) is 0 Å². The van der Waals surface area contributed by atoms with Crippen LogP contribution in [0.2, 0.25) is 0 Å². The number of rotatable bonds is 0. The number of hydrogen-bond acceptors (Lipinski definition) is 2. The monoisotopic (exact) mass is 206 g/mol. The summed E-state index contributed by atoms with van der Waals surface area (Å²) in [7, 11) is 1.00. The molecule has 0 saturated heterocycles. The van der Waals surface area contributed by atoms with E-state index in [1.807, 2.05) is 0 Å². The molecular formula is C2H6AgKNO. The third-order valence-corrected chi connectivity index (χ3v) is 0. The zero-order chi connectivity index (χ0) is 4.00. The van der Waals surface area contributed by atoms with Crippen molar-refractivity contribution in [3.05, 3.63) is 0 Å². The van der Waals surface area contributed by atoms with Gasteiger partial charge in [0.25, 0.3) is 0 Å². The Balaban J connectivity index is -0.00000000267. The van der Waals surface area contributed by atoms with Crippen molar-refractivity contribution in [2.24, 2.45) is 0 Å². The van der Waals surface area contributed by atoms with Crippen molar-refractivity contribution in [1.82, 2.24) is 0 Å². The first-order chi connectivity index (χ1) is 2.00. The standard InChI is InChI=1S/CHN.CH4O.Ag.K.H/c2*1-2;;;/h1H;2H,1H3;;;/q;;;+1;-1. The number of aliphatic hydroxyl groups excluding tert-OH is 1. The normalized spacial score (nSPS) is 1.33. The molecule has 0 bridgehead atoms. The van der Waals surface area contributed by atoms with Crippen LogP contribution in [-0.2, 0) is 22.4 Å². The van der Waals surface area contributed by atoms with Crippen molar-refractivity contribution in [3.8, 4) is 6.57 Å². The fraction of sp³-hybridized carbons (Fsp3) is 0.500. The third-order valence-electron chi connectivity index (χ3n) is 0. The van der Waals surface area contributed by atoms with E-state index < -0.39 is 0 Å². The summed E-state index contributed by atoms with van der Waals surface area (Å²) in [4.78, 5) is 0. The van der Waals surface area contributed by atoms with E-state index in [9.17, 15) is 0 Å². The molecule has 37 valence electrons. The summed E-state index contributed by atoms with van der Waals surface area (Å²) in [5, 5.41) is 13.5. The molecular weight excluding hydrogens is 201 g/mol. The van der Waals surface area contributed by atoms with E-state index >= 15 is 0 Å². The van der Waals surface area contributed by atoms with Gasteiger partial charge in [0.15, 0.2) is 0 Å². The molecule has 0 amide bonds. The van der Waals surface area contributed by atoms with Gasteiger partial charge in [0.05, 0.1) is 0 Å². The van der Waals surface area contributed by atoms with Gasteiger partial charge in [-0.2, -0.15) is 0 Å². The average molecular weight is 207 g/mol. The Labute approximate surface area is 97.3 Å². The largest absolute Gasteiger partial charge is 1.00 e. The molecule has 0 unspecified atom stereocenters. The predicted molar refractivity (Wildman–Crippen MR) is 15.9 cm³/mol. The van der Waals surface area contributed by atoms with E-state index in [2.05, 4.69) is 6.57 Å². The molecule has 0 saturated carbocycles. The Morgan fingerprint density at radius 2 is 1.50 bits per heavy atom. The second kappa shape index (κ2) is 69.5. The van der Waals surface area contributed by atoms with Gasteiger partial charge in [-0.3, -0.25) is 0 Å². The Bertz CT molecular complexity index is 22.4. The van der Waals surface area contributed by atoms with Gasteiger partial charge in [0, 0.05) is 36.1 Å². The van der Waals surface area contributed by atoms with Crippen LogP contribution in [0.15, 0.2) is 0 Å². The van der Waals surface area contributed by atoms with Crippen molar-refractivity contribution in [2.75, 3.05) is 7.11 Å². The molecule has 0 aromatic heterocycles. The van der Waals surface area contributed by atoms with Gasteiger partial charge < -0.3 is 6.53 Å². The van der Waals surface area contributed by atoms with Crippen molar-refractivity contribution in [3.63, 3.8) is 0 Å². The second-order valence-corrected chi connectivity index (χ2v) is 0. The van der Waals surface area contributed by atoms with Crippen LogP contribution in [0.5, 0.6) is 0 Å². The van der Waals surface area contributed by atoms with Gasteiger partial charge in [-0.1, -0.05) is 0 Å². The number of aliphatic hydroxyl groups is 1. The van der Waals surface area contributed by atoms with Crippen molar-refractivity contribution >= 4 is 0 Å². The van der Waals surface area contributed by atoms with Crippen molar-refractivity contribution < 1.29 is 80.3 Å². The maximum absolute atomic E-state index is 7.00. The molecule has 0 fully saturated rings. The Kier molecular flexibility index (Phi) is 288. The summed E-state index contributed by atoms with van der Waals surface area (Å²) in [5.74, 6) is 0. The minimum atomic E-state index is 0.